The van der Waals surface area contributed by atoms with E-state index >= 15 is 0 Å². The number of hydrogen-bond donors (Lipinski definition) is 2. The lowest BCUT2D eigenvalue weighted by Crippen LogP contribution is -2.23. The fourth-order valence-corrected chi connectivity index (χ4v) is 4.80. The number of aromatic nitrogens is 1. The zero-order valence-corrected chi connectivity index (χ0v) is 20.0. The lowest BCUT2D eigenvalue weighted by molar-refractivity contribution is 0.0601. The van der Waals surface area contributed by atoms with Crippen molar-refractivity contribution < 1.29 is 14.6 Å². The standard InChI is InChI=1S/C29H29N3O3/c1-19(27-25-17-23(29(34)35-2)9-12-26(25)31-28(27)33)30-24-10-7-20(8-11-24)18-32-15-13-21-5-3-4-6-22(21)14-16-32/h3-5,7-12,14,17,31,33H,6,13,15-16,18H2,1-2H3. The monoisotopic (exact) mass is 467 g/mol. The molecule has 2 aliphatic rings. The van der Waals surface area contributed by atoms with E-state index in [1.54, 1.807) is 18.2 Å². The molecule has 1 aliphatic heterocycles. The number of aromatic amines is 1. The zero-order valence-electron chi connectivity index (χ0n) is 20.0. The smallest absolute Gasteiger partial charge is 0.337 e. The molecule has 178 valence electrons. The Morgan fingerprint density at radius 3 is 2.80 bits per heavy atom. The number of aromatic hydroxyl groups is 1. The largest absolute Gasteiger partial charge is 0.494 e. The Balaban J connectivity index is 1.33. The summed E-state index contributed by atoms with van der Waals surface area (Å²) in [6.07, 6.45) is 11.1. The molecule has 5 rings (SSSR count). The van der Waals surface area contributed by atoms with Gasteiger partial charge >= 0.3 is 5.97 Å². The highest BCUT2D eigenvalue weighted by atomic mass is 16.5. The topological polar surface area (TPSA) is 77.9 Å². The average molecular weight is 468 g/mol. The van der Waals surface area contributed by atoms with Crippen LogP contribution in [0.4, 0.5) is 5.69 Å². The van der Waals surface area contributed by atoms with Crippen molar-refractivity contribution in [3.63, 3.8) is 0 Å². The first kappa shape index (κ1) is 22.9. The maximum Gasteiger partial charge on any atom is 0.337 e. The Labute approximate surface area is 204 Å². The molecular weight excluding hydrogens is 438 g/mol. The zero-order chi connectivity index (χ0) is 24.4. The summed E-state index contributed by atoms with van der Waals surface area (Å²) in [5.74, 6) is -0.391. The molecule has 0 fully saturated rings. The number of carbonyl (C=O) groups is 1. The summed E-state index contributed by atoms with van der Waals surface area (Å²) < 4.78 is 4.83. The van der Waals surface area contributed by atoms with Crippen LogP contribution in [-0.4, -0.2) is 46.9 Å². The lowest BCUT2D eigenvalue weighted by Gasteiger charge is -2.19. The molecule has 2 aromatic carbocycles. The van der Waals surface area contributed by atoms with Crippen molar-refractivity contribution in [3.05, 3.63) is 94.6 Å². The van der Waals surface area contributed by atoms with Crippen LogP contribution in [-0.2, 0) is 11.3 Å². The molecule has 35 heavy (non-hydrogen) atoms. The number of methoxy groups -OCH3 is 1. The molecule has 0 saturated carbocycles. The van der Waals surface area contributed by atoms with Gasteiger partial charge in [-0.2, -0.15) is 0 Å². The Bertz CT molecular complexity index is 1390. The first-order valence-corrected chi connectivity index (χ1v) is 11.9. The van der Waals surface area contributed by atoms with Crippen LogP contribution in [0.25, 0.3) is 10.9 Å². The van der Waals surface area contributed by atoms with Gasteiger partial charge in [0.15, 0.2) is 5.88 Å². The molecule has 0 bridgehead atoms. The number of ether oxygens (including phenoxy) is 1. The van der Waals surface area contributed by atoms with Gasteiger partial charge in [0.2, 0.25) is 0 Å². The van der Waals surface area contributed by atoms with Crippen molar-refractivity contribution in [1.29, 1.82) is 0 Å². The van der Waals surface area contributed by atoms with Gasteiger partial charge in [0.25, 0.3) is 0 Å². The van der Waals surface area contributed by atoms with Crippen molar-refractivity contribution in [2.45, 2.75) is 26.3 Å². The maximum atomic E-state index is 12.0. The first-order valence-electron chi connectivity index (χ1n) is 11.9. The second kappa shape index (κ2) is 9.76. The second-order valence-corrected chi connectivity index (χ2v) is 9.00. The van der Waals surface area contributed by atoms with Gasteiger partial charge in [0.05, 0.1) is 29.6 Å². The number of rotatable bonds is 5. The van der Waals surface area contributed by atoms with Gasteiger partial charge in [0.1, 0.15) is 0 Å². The second-order valence-electron chi connectivity index (χ2n) is 9.00. The summed E-state index contributed by atoms with van der Waals surface area (Å²) >= 11 is 0. The molecule has 6 heteroatoms. The van der Waals surface area contributed by atoms with E-state index < -0.39 is 5.97 Å². The molecule has 0 unspecified atom stereocenters. The molecular formula is C29H29N3O3. The summed E-state index contributed by atoms with van der Waals surface area (Å²) in [4.78, 5) is 22.1. The lowest BCUT2D eigenvalue weighted by atomic mass is 9.96. The highest BCUT2D eigenvalue weighted by Gasteiger charge is 2.17. The minimum Gasteiger partial charge on any atom is -0.494 e. The third-order valence-electron chi connectivity index (χ3n) is 6.68. The highest BCUT2D eigenvalue weighted by Crippen LogP contribution is 2.30. The average Bonchev–Trinajstić information content (AvgIpc) is 3.07. The number of esters is 1. The van der Waals surface area contributed by atoms with E-state index in [-0.39, 0.29) is 5.88 Å². The number of allylic oxidation sites excluding steroid dienone is 4. The third-order valence-corrected chi connectivity index (χ3v) is 6.68. The van der Waals surface area contributed by atoms with Crippen LogP contribution >= 0.6 is 0 Å². The Morgan fingerprint density at radius 1 is 1.17 bits per heavy atom. The van der Waals surface area contributed by atoms with Crippen LogP contribution in [0.2, 0.25) is 0 Å². The van der Waals surface area contributed by atoms with Gasteiger partial charge in [-0.05, 0) is 66.8 Å². The van der Waals surface area contributed by atoms with Gasteiger partial charge in [0, 0.05) is 30.5 Å². The predicted molar refractivity (Wildman–Crippen MR) is 139 cm³/mol. The van der Waals surface area contributed by atoms with Crippen molar-refractivity contribution in [1.82, 2.24) is 9.88 Å². The van der Waals surface area contributed by atoms with Crippen LogP contribution in [0.5, 0.6) is 5.88 Å². The fourth-order valence-electron chi connectivity index (χ4n) is 4.80. The predicted octanol–water partition coefficient (Wildman–Crippen LogP) is 5.82. The SMILES string of the molecule is COC(=O)c1ccc2[nH]c(O)c(C(C)=Nc3ccc(CN4CC=C5CC=CC=C5CC4)cc3)c2c1. The van der Waals surface area contributed by atoms with Gasteiger partial charge in [-0.25, -0.2) is 4.79 Å². The Hall–Kier alpha value is -3.90. The molecule has 0 amide bonds. The molecule has 2 heterocycles. The van der Waals surface area contributed by atoms with Crippen molar-refractivity contribution >= 4 is 28.3 Å². The van der Waals surface area contributed by atoms with Crippen LogP contribution in [0.15, 0.2) is 82.9 Å². The maximum absolute atomic E-state index is 12.0. The van der Waals surface area contributed by atoms with E-state index in [1.165, 1.54) is 23.8 Å². The number of carbonyl (C=O) groups excluding carboxylic acids is 1. The van der Waals surface area contributed by atoms with Crippen molar-refractivity contribution in [2.24, 2.45) is 4.99 Å². The van der Waals surface area contributed by atoms with Crippen LogP contribution in [0, 0.1) is 0 Å². The quantitative estimate of drug-likeness (QED) is 0.366. The van der Waals surface area contributed by atoms with E-state index in [4.69, 9.17) is 9.73 Å². The molecule has 0 radical (unpaired) electrons. The number of H-pyrrole nitrogens is 1. The number of benzene rings is 2. The van der Waals surface area contributed by atoms with Gasteiger partial charge in [-0.3, -0.25) is 9.89 Å². The number of nitrogens with zero attached hydrogens (tertiary/aromatic N) is 2. The number of hydrogen-bond acceptors (Lipinski definition) is 5. The summed E-state index contributed by atoms with van der Waals surface area (Å²) in [6.45, 7) is 4.76. The molecule has 3 aromatic rings. The van der Waals surface area contributed by atoms with Crippen molar-refractivity contribution in [3.8, 4) is 5.88 Å². The normalized spacial score (nSPS) is 16.5. The van der Waals surface area contributed by atoms with Crippen LogP contribution < -0.4 is 0 Å². The molecule has 2 N–H and O–H groups in total. The molecule has 1 aromatic heterocycles. The van der Waals surface area contributed by atoms with E-state index in [1.807, 2.05) is 19.1 Å². The molecule has 6 nitrogen and oxygen atoms in total. The third kappa shape index (κ3) is 4.84. The Morgan fingerprint density at radius 2 is 2.00 bits per heavy atom. The molecule has 1 aliphatic carbocycles. The van der Waals surface area contributed by atoms with Crippen LogP contribution in [0.1, 0.15) is 41.3 Å². The van der Waals surface area contributed by atoms with Gasteiger partial charge < -0.3 is 14.8 Å². The van der Waals surface area contributed by atoms with E-state index in [0.717, 1.165) is 49.1 Å². The summed E-state index contributed by atoms with van der Waals surface area (Å²) in [5.41, 5.74) is 7.38. The summed E-state index contributed by atoms with van der Waals surface area (Å²) in [6, 6.07) is 13.4. The number of fused-ring (bicyclic) bond motifs is 2. The summed E-state index contributed by atoms with van der Waals surface area (Å²) in [7, 11) is 1.35. The molecule has 0 saturated heterocycles. The van der Waals surface area contributed by atoms with E-state index in [9.17, 15) is 9.90 Å². The van der Waals surface area contributed by atoms with E-state index in [2.05, 4.69) is 46.3 Å². The minimum atomic E-state index is -0.420. The van der Waals surface area contributed by atoms with Gasteiger partial charge in [-0.15, -0.1) is 0 Å². The highest BCUT2D eigenvalue weighted by molar-refractivity contribution is 6.13. The number of nitrogens with one attached hydrogen (secondary N) is 1. The van der Waals surface area contributed by atoms with Gasteiger partial charge in [-0.1, -0.05) is 36.4 Å². The molecule has 0 atom stereocenters. The van der Waals surface area contributed by atoms with Crippen LogP contribution in [0.3, 0.4) is 0 Å². The minimum absolute atomic E-state index is 0.0288. The van der Waals surface area contributed by atoms with Crippen molar-refractivity contribution in [2.75, 3.05) is 20.2 Å². The molecule has 0 spiro atoms. The summed E-state index contributed by atoms with van der Waals surface area (Å²) in [5, 5.41) is 11.3. The van der Waals surface area contributed by atoms with E-state index in [0.29, 0.717) is 16.8 Å². The fraction of sp³-hybridized carbons (Fsp3) is 0.241. The Kier molecular flexibility index (Phi) is 6.38. The first-order chi connectivity index (χ1) is 17.0. The number of aliphatic imine (C=N–C) groups is 1.